The number of nitrogens with one attached hydrogen (secondary N) is 4. The van der Waals surface area contributed by atoms with Gasteiger partial charge in [-0.15, -0.1) is 0 Å². The summed E-state index contributed by atoms with van der Waals surface area (Å²) in [6.07, 6.45) is 1.22. The lowest BCUT2D eigenvalue weighted by Crippen LogP contribution is -2.61. The number of nitrogens with zero attached hydrogens (tertiary/aromatic N) is 8. The first-order chi connectivity index (χ1) is 44.7. The van der Waals surface area contributed by atoms with Crippen LogP contribution in [-0.4, -0.2) is 240 Å². The lowest BCUT2D eigenvalue weighted by atomic mass is 9.97. The second-order valence-corrected chi connectivity index (χ2v) is 27.9. The van der Waals surface area contributed by atoms with Crippen molar-refractivity contribution in [2.45, 2.75) is 155 Å². The molecule has 2 fully saturated rings. The molecule has 2 saturated heterocycles. The monoisotopic (exact) mass is 1450 g/mol. The van der Waals surface area contributed by atoms with Crippen LogP contribution in [0.1, 0.15) is 104 Å². The number of hydrogen-bond acceptors (Lipinski definition) is 12. The Kier molecular flexibility index (Phi) is 29.9. The van der Waals surface area contributed by atoms with E-state index in [1.54, 1.807) is 78.6 Å². The van der Waals surface area contributed by atoms with E-state index in [0.29, 0.717) is 54.1 Å². The minimum absolute atomic E-state index is 0.0327. The van der Waals surface area contributed by atoms with Gasteiger partial charge < -0.3 is 60.5 Å². The summed E-state index contributed by atoms with van der Waals surface area (Å²) < 4.78 is 0.839. The van der Waals surface area contributed by atoms with E-state index in [1.165, 1.54) is 71.0 Å². The molecule has 26 heteroatoms. The maximum Gasteiger partial charge on any atom is 0.246 e. The van der Waals surface area contributed by atoms with Gasteiger partial charge in [0.2, 0.25) is 70.9 Å². The molecule has 0 saturated carbocycles. The van der Waals surface area contributed by atoms with Gasteiger partial charge in [0.25, 0.3) is 0 Å². The van der Waals surface area contributed by atoms with Crippen molar-refractivity contribution in [2.24, 2.45) is 17.8 Å². The minimum atomic E-state index is -1.45. The Morgan fingerprint density at radius 3 is 1.67 bits per heavy atom. The van der Waals surface area contributed by atoms with Crippen LogP contribution in [0.2, 0.25) is 5.02 Å². The van der Waals surface area contributed by atoms with Gasteiger partial charge >= 0.3 is 0 Å². The highest BCUT2D eigenvalue weighted by molar-refractivity contribution is 14.1. The Hall–Kier alpha value is -7.68. The van der Waals surface area contributed by atoms with Crippen LogP contribution in [0.3, 0.4) is 0 Å². The zero-order chi connectivity index (χ0) is 70.7. The predicted octanol–water partition coefficient (Wildman–Crippen LogP) is 3.78. The van der Waals surface area contributed by atoms with E-state index < -0.39 is 151 Å². The van der Waals surface area contributed by atoms with E-state index >= 15 is 14.4 Å². The van der Waals surface area contributed by atoms with Crippen LogP contribution >= 0.6 is 34.2 Å². The van der Waals surface area contributed by atoms with Crippen LogP contribution in [-0.2, 0) is 76.8 Å². The van der Waals surface area contributed by atoms with Crippen molar-refractivity contribution >= 4 is 105 Å². The maximum atomic E-state index is 15.5. The zero-order valence-corrected chi connectivity index (χ0v) is 60.4. The zero-order valence-electron chi connectivity index (χ0n) is 57.5. The molecule has 9 atom stereocenters. The number of likely N-dealkylation sites (tertiary alicyclic amines) is 1. The average Bonchev–Trinajstić information content (AvgIpc) is 1.06. The molecule has 0 spiro atoms. The van der Waals surface area contributed by atoms with Crippen LogP contribution in [0.15, 0.2) is 78.9 Å². The number of amides is 12. The van der Waals surface area contributed by atoms with E-state index in [1.807, 2.05) is 46.8 Å². The molecule has 0 unspecified atom stereocenters. The van der Waals surface area contributed by atoms with Crippen molar-refractivity contribution in [3.8, 4) is 0 Å². The van der Waals surface area contributed by atoms with Gasteiger partial charge in [0, 0.05) is 90.3 Å². The largest absolute Gasteiger partial charge is 0.342 e. The highest BCUT2D eigenvalue weighted by Gasteiger charge is 2.42. The first-order valence-electron chi connectivity index (χ1n) is 32.5. The Morgan fingerprint density at radius 2 is 1.08 bits per heavy atom. The Balaban J connectivity index is 1.63. The van der Waals surface area contributed by atoms with Gasteiger partial charge in [0.1, 0.15) is 48.3 Å². The van der Waals surface area contributed by atoms with Gasteiger partial charge in [-0.2, -0.15) is 0 Å². The summed E-state index contributed by atoms with van der Waals surface area (Å²) in [4.78, 5) is 185. The fraction of sp³-hybridized carbons (Fsp3) is 0.565. The van der Waals surface area contributed by atoms with Crippen molar-refractivity contribution in [2.75, 3.05) is 82.1 Å². The van der Waals surface area contributed by atoms with Crippen molar-refractivity contribution in [1.82, 2.24) is 60.5 Å². The third-order valence-corrected chi connectivity index (χ3v) is 18.7. The van der Waals surface area contributed by atoms with Gasteiger partial charge in [0.05, 0.1) is 26.1 Å². The third-order valence-electron chi connectivity index (χ3n) is 17.8. The summed E-state index contributed by atoms with van der Waals surface area (Å²) in [6, 6.07) is 12.5. The molecule has 95 heavy (non-hydrogen) atoms. The normalized spacial score (nSPS) is 23.9. The lowest BCUT2D eigenvalue weighted by Gasteiger charge is -2.37. The quantitative estimate of drug-likeness (QED) is 0.178. The van der Waals surface area contributed by atoms with E-state index in [-0.39, 0.29) is 43.9 Å². The molecule has 5 rings (SSSR count). The number of benzene rings is 3. The highest BCUT2D eigenvalue weighted by atomic mass is 127. The Bertz CT molecular complexity index is 3210. The smallest absolute Gasteiger partial charge is 0.246 e. The molecule has 520 valence electrons. The van der Waals surface area contributed by atoms with Gasteiger partial charge in [-0.1, -0.05) is 114 Å². The summed E-state index contributed by atoms with van der Waals surface area (Å²) in [7, 11) is 9.75. The van der Waals surface area contributed by atoms with Crippen molar-refractivity contribution in [3.05, 3.63) is 104 Å². The highest BCUT2D eigenvalue weighted by Crippen LogP contribution is 2.23. The van der Waals surface area contributed by atoms with Crippen molar-refractivity contribution < 1.29 is 57.5 Å². The minimum Gasteiger partial charge on any atom is -0.342 e. The molecule has 3 aromatic carbocycles. The van der Waals surface area contributed by atoms with E-state index in [2.05, 4.69) is 43.9 Å². The van der Waals surface area contributed by atoms with Gasteiger partial charge in [-0.05, 0) is 114 Å². The number of likely N-dealkylation sites (N-methyl/N-ethyl adjacent to an activating group) is 7. The fourth-order valence-corrected chi connectivity index (χ4v) is 12.2. The van der Waals surface area contributed by atoms with Gasteiger partial charge in [-0.25, -0.2) is 0 Å². The number of carbonyl (C=O) groups is 12. The fourth-order valence-electron chi connectivity index (χ4n) is 11.5. The third kappa shape index (κ3) is 22.5. The van der Waals surface area contributed by atoms with E-state index in [4.69, 9.17) is 11.6 Å². The number of carbonyl (C=O) groups excluding carboxylic acids is 12. The average molecular weight is 1450 g/mol. The molecule has 4 N–H and O–H groups in total. The number of hydrogen-bond donors (Lipinski definition) is 4. The van der Waals surface area contributed by atoms with Crippen molar-refractivity contribution in [1.29, 1.82) is 0 Å². The number of halogens is 2. The first kappa shape index (κ1) is 78.0. The molecule has 2 heterocycles. The Labute approximate surface area is 578 Å². The molecule has 0 aromatic heterocycles. The second kappa shape index (κ2) is 36.4. The topological polar surface area (TPSA) is 279 Å². The molecule has 0 aliphatic carbocycles. The molecule has 3 aromatic rings. The predicted molar refractivity (Wildman–Crippen MR) is 370 cm³/mol. The number of rotatable bonds is 13. The molecule has 2 aliphatic heterocycles. The molecular formula is C69H98ClIN12O12. The van der Waals surface area contributed by atoms with Crippen LogP contribution < -0.4 is 21.3 Å². The molecule has 24 nitrogen and oxygen atoms in total. The summed E-state index contributed by atoms with van der Waals surface area (Å²) in [5, 5.41) is 11.8. The molecule has 0 radical (unpaired) electrons. The second-order valence-electron chi connectivity index (χ2n) is 26.2. The summed E-state index contributed by atoms with van der Waals surface area (Å²) in [5.74, 6) is -9.09. The lowest BCUT2D eigenvalue weighted by molar-refractivity contribution is -0.150. The van der Waals surface area contributed by atoms with E-state index in [9.17, 15) is 43.2 Å². The molecular weight excluding hydrogens is 1350 g/mol. The van der Waals surface area contributed by atoms with Crippen LogP contribution in [0, 0.1) is 21.3 Å². The van der Waals surface area contributed by atoms with Crippen molar-refractivity contribution in [3.63, 3.8) is 0 Å². The van der Waals surface area contributed by atoms with E-state index in [0.717, 1.165) is 23.2 Å². The molecule has 12 amide bonds. The van der Waals surface area contributed by atoms with Crippen LogP contribution in [0.4, 0.5) is 0 Å². The van der Waals surface area contributed by atoms with Gasteiger partial charge in [0.15, 0.2) is 0 Å². The molecule has 0 bridgehead atoms. The van der Waals surface area contributed by atoms with Gasteiger partial charge in [-0.3, -0.25) is 57.5 Å². The Morgan fingerprint density at radius 1 is 0.526 bits per heavy atom. The van der Waals surface area contributed by atoms with Crippen LogP contribution in [0.25, 0.3) is 0 Å². The van der Waals surface area contributed by atoms with Crippen LogP contribution in [0.5, 0.6) is 0 Å². The SMILES string of the molecule is CC[C@H](C)[C@@H]1NC(=O)[C@H](C)N(C)C(=O)C[C@@H](C(=O)N2CCCC2)NC(=O)[C@H](CC(C)C)N(C)C(=O)[C@H](Cc2ccccc2)N(C)C(=O)[C@H](CC(C)C)NC(=O)[C@H](Cc2cccc(I)c2)NC(=O)CN(C)C(=O)[C@H](Cc2ccc(Cl)cc2)N(C)C(=O)CN(C)C(=O)CN(C)C1=O. The molecule has 2 aliphatic rings. The first-order valence-corrected chi connectivity index (χ1v) is 34.0. The maximum absolute atomic E-state index is 15.5. The standard InChI is InChI=1S/C69H98ClIN12O12/c1-15-44(6)61-69(95)78(10)40-59(86)76(8)41-60(87)80(12)55(37-47-26-28-49(70)29-27-47)67(93)77(9)39-57(84)72-51(35-48-24-21-25-50(71)34-48)63(89)73-52(32-42(2)3)65(91)82(14)56(36-46-22-17-16-18-23-46)68(94)81(13)54(33-43(4)5)64(90)74-53(66(92)83-30-19-20-31-83)38-58(85)79(11)45(7)62(88)75-61/h16-18,21-29,34,42-45,51-56,61H,15,19-20,30-33,35-41H2,1-14H3,(H,72,84)(H,73,89)(H,74,90)(H,75,88)/t44-,45-,51-,52-,53-,54-,55-,56-,61-/m0/s1. The summed E-state index contributed by atoms with van der Waals surface area (Å²) in [6.45, 7) is 11.5. The summed E-state index contributed by atoms with van der Waals surface area (Å²) >= 11 is 8.37. The summed E-state index contributed by atoms with van der Waals surface area (Å²) in [5.41, 5.74) is 1.93.